The van der Waals surface area contributed by atoms with Crippen LogP contribution >= 0.6 is 15.9 Å². The van der Waals surface area contributed by atoms with Gasteiger partial charge in [0.15, 0.2) is 6.61 Å². The summed E-state index contributed by atoms with van der Waals surface area (Å²) in [5, 5.41) is 2.96. The molecule has 0 spiro atoms. The minimum Gasteiger partial charge on any atom is -0.483 e. The summed E-state index contributed by atoms with van der Waals surface area (Å²) in [4.78, 5) is 27.4. The number of halogens is 1. The van der Waals surface area contributed by atoms with E-state index in [1.54, 1.807) is 11.8 Å². The molecule has 0 unspecified atom stereocenters. The Morgan fingerprint density at radius 2 is 1.73 bits per heavy atom. The third kappa shape index (κ3) is 7.17. The van der Waals surface area contributed by atoms with Crippen molar-refractivity contribution < 1.29 is 14.3 Å². The molecular weight excluding hydrogens is 444 g/mol. The quantitative estimate of drug-likeness (QED) is 0.628. The van der Waals surface area contributed by atoms with E-state index in [1.165, 1.54) is 0 Å². The van der Waals surface area contributed by atoms with E-state index >= 15 is 0 Å². The molecule has 0 saturated heterocycles. The van der Waals surface area contributed by atoms with Crippen molar-refractivity contribution in [2.45, 2.75) is 59.7 Å². The second-order valence-corrected chi connectivity index (χ2v) is 9.54. The first-order chi connectivity index (χ1) is 14.0. The monoisotopic (exact) mass is 474 g/mol. The van der Waals surface area contributed by atoms with Crippen LogP contribution in [0.5, 0.6) is 5.75 Å². The van der Waals surface area contributed by atoms with E-state index in [-0.39, 0.29) is 24.0 Å². The van der Waals surface area contributed by atoms with E-state index in [9.17, 15) is 9.59 Å². The van der Waals surface area contributed by atoms with Gasteiger partial charge in [0, 0.05) is 16.6 Å². The third-order valence-electron chi connectivity index (χ3n) is 4.61. The maximum Gasteiger partial charge on any atom is 0.261 e. The van der Waals surface area contributed by atoms with Crippen LogP contribution in [0.2, 0.25) is 0 Å². The van der Waals surface area contributed by atoms with Crippen LogP contribution in [0.3, 0.4) is 0 Å². The van der Waals surface area contributed by atoms with Crippen molar-refractivity contribution >= 4 is 27.7 Å². The minimum absolute atomic E-state index is 0.131. The van der Waals surface area contributed by atoms with Crippen LogP contribution in [0, 0.1) is 13.8 Å². The lowest BCUT2D eigenvalue weighted by molar-refractivity contribution is -0.142. The summed E-state index contributed by atoms with van der Waals surface area (Å²) < 4.78 is 6.75. The Bertz CT molecular complexity index is 888. The van der Waals surface area contributed by atoms with Crippen molar-refractivity contribution in [1.82, 2.24) is 10.2 Å². The van der Waals surface area contributed by atoms with E-state index < -0.39 is 6.04 Å². The van der Waals surface area contributed by atoms with Crippen LogP contribution < -0.4 is 10.1 Å². The van der Waals surface area contributed by atoms with Gasteiger partial charge in [0.2, 0.25) is 5.91 Å². The fourth-order valence-corrected chi connectivity index (χ4v) is 3.29. The molecule has 0 saturated carbocycles. The summed E-state index contributed by atoms with van der Waals surface area (Å²) in [7, 11) is 0. The fourth-order valence-electron chi connectivity index (χ4n) is 3.03. The molecule has 0 aliphatic rings. The highest BCUT2D eigenvalue weighted by Crippen LogP contribution is 2.20. The number of aryl methyl sites for hydroxylation is 2. The normalized spacial score (nSPS) is 12.2. The van der Waals surface area contributed by atoms with Gasteiger partial charge in [-0.25, -0.2) is 0 Å². The van der Waals surface area contributed by atoms with Gasteiger partial charge in [-0.3, -0.25) is 9.59 Å². The van der Waals surface area contributed by atoms with Crippen LogP contribution in [0.15, 0.2) is 46.9 Å². The summed E-state index contributed by atoms with van der Waals surface area (Å²) in [5.41, 5.74) is 2.66. The molecule has 162 valence electrons. The predicted octanol–water partition coefficient (Wildman–Crippen LogP) is 4.78. The average molecular weight is 475 g/mol. The number of ether oxygens (including phenoxy) is 1. The van der Waals surface area contributed by atoms with Gasteiger partial charge in [-0.1, -0.05) is 45.8 Å². The highest BCUT2D eigenvalue weighted by molar-refractivity contribution is 9.10. The Hall–Kier alpha value is -2.34. The fraction of sp³-hybridized carbons (Fsp3) is 0.417. The van der Waals surface area contributed by atoms with E-state index in [4.69, 9.17) is 4.74 Å². The summed E-state index contributed by atoms with van der Waals surface area (Å²) >= 11 is 3.42. The second-order valence-electron chi connectivity index (χ2n) is 8.62. The molecule has 1 atom stereocenters. The van der Waals surface area contributed by atoms with Crippen molar-refractivity contribution in [3.8, 4) is 5.75 Å². The van der Waals surface area contributed by atoms with Crippen LogP contribution in [-0.4, -0.2) is 34.9 Å². The van der Waals surface area contributed by atoms with Gasteiger partial charge < -0.3 is 15.0 Å². The van der Waals surface area contributed by atoms with Gasteiger partial charge in [0.25, 0.3) is 5.91 Å². The smallest absolute Gasteiger partial charge is 0.261 e. The topological polar surface area (TPSA) is 58.6 Å². The molecule has 0 radical (unpaired) electrons. The SMILES string of the molecule is Cc1ccc(OCC(=O)N(Cc2ccc(Br)cc2)[C@H](C)C(=O)NC(C)(C)C)c(C)c1. The number of hydrogen-bond acceptors (Lipinski definition) is 3. The first kappa shape index (κ1) is 23.9. The van der Waals surface area contributed by atoms with Crippen LogP contribution in [0.25, 0.3) is 0 Å². The van der Waals surface area contributed by atoms with Crippen molar-refractivity contribution in [2.24, 2.45) is 0 Å². The Kier molecular flexibility index (Phi) is 8.07. The van der Waals surface area contributed by atoms with E-state index in [0.717, 1.165) is 21.2 Å². The Labute approximate surface area is 187 Å². The van der Waals surface area contributed by atoms with Gasteiger partial charge in [-0.2, -0.15) is 0 Å². The Morgan fingerprint density at radius 1 is 1.10 bits per heavy atom. The molecule has 0 aromatic heterocycles. The van der Waals surface area contributed by atoms with Gasteiger partial charge in [0.1, 0.15) is 11.8 Å². The molecular formula is C24H31BrN2O3. The van der Waals surface area contributed by atoms with Crippen molar-refractivity contribution in [3.05, 3.63) is 63.6 Å². The first-order valence-corrected chi connectivity index (χ1v) is 10.8. The van der Waals surface area contributed by atoms with Crippen LogP contribution in [0.1, 0.15) is 44.4 Å². The van der Waals surface area contributed by atoms with Crippen LogP contribution in [0.4, 0.5) is 0 Å². The third-order valence-corrected chi connectivity index (χ3v) is 5.14. The van der Waals surface area contributed by atoms with Crippen LogP contribution in [-0.2, 0) is 16.1 Å². The summed E-state index contributed by atoms with van der Waals surface area (Å²) in [6.07, 6.45) is 0. The molecule has 1 N–H and O–H groups in total. The van der Waals surface area contributed by atoms with Gasteiger partial charge in [0.05, 0.1) is 0 Å². The molecule has 0 bridgehead atoms. The maximum absolute atomic E-state index is 13.1. The molecule has 2 rings (SSSR count). The van der Waals surface area contributed by atoms with Crippen molar-refractivity contribution in [3.63, 3.8) is 0 Å². The number of nitrogens with one attached hydrogen (secondary N) is 1. The molecule has 30 heavy (non-hydrogen) atoms. The first-order valence-electron chi connectivity index (χ1n) is 10.0. The highest BCUT2D eigenvalue weighted by Gasteiger charge is 2.28. The lowest BCUT2D eigenvalue weighted by atomic mass is 10.1. The zero-order valence-electron chi connectivity index (χ0n) is 18.6. The summed E-state index contributed by atoms with van der Waals surface area (Å²) in [6, 6.07) is 12.9. The van der Waals surface area contributed by atoms with E-state index in [0.29, 0.717) is 12.3 Å². The number of hydrogen-bond donors (Lipinski definition) is 1. The average Bonchev–Trinajstić information content (AvgIpc) is 2.64. The molecule has 0 heterocycles. The molecule has 5 nitrogen and oxygen atoms in total. The molecule has 6 heteroatoms. The Morgan fingerprint density at radius 3 is 2.30 bits per heavy atom. The molecule has 2 aromatic carbocycles. The van der Waals surface area contributed by atoms with E-state index in [2.05, 4.69) is 21.2 Å². The Balaban J connectivity index is 2.18. The number of carbonyl (C=O) groups is 2. The zero-order valence-corrected chi connectivity index (χ0v) is 20.2. The minimum atomic E-state index is -0.636. The predicted molar refractivity (Wildman–Crippen MR) is 123 cm³/mol. The number of carbonyl (C=O) groups excluding carboxylic acids is 2. The van der Waals surface area contributed by atoms with Crippen molar-refractivity contribution in [1.29, 1.82) is 0 Å². The van der Waals surface area contributed by atoms with Gasteiger partial charge in [-0.15, -0.1) is 0 Å². The lowest BCUT2D eigenvalue weighted by Gasteiger charge is -2.31. The second kappa shape index (κ2) is 10.1. The molecule has 0 fully saturated rings. The molecule has 2 aromatic rings. The zero-order chi connectivity index (χ0) is 22.5. The number of rotatable bonds is 7. The summed E-state index contributed by atoms with van der Waals surface area (Å²) in [6.45, 7) is 11.7. The van der Waals surface area contributed by atoms with Gasteiger partial charge in [-0.05, 0) is 70.9 Å². The highest BCUT2D eigenvalue weighted by atomic mass is 79.9. The van der Waals surface area contributed by atoms with Gasteiger partial charge >= 0.3 is 0 Å². The molecule has 0 aliphatic heterocycles. The lowest BCUT2D eigenvalue weighted by Crippen LogP contribution is -2.53. The number of amides is 2. The molecule has 2 amide bonds. The largest absolute Gasteiger partial charge is 0.483 e. The number of benzene rings is 2. The molecule has 0 aliphatic carbocycles. The summed E-state index contributed by atoms with van der Waals surface area (Å²) in [5.74, 6) is 0.235. The van der Waals surface area contributed by atoms with Crippen molar-refractivity contribution in [2.75, 3.05) is 6.61 Å². The maximum atomic E-state index is 13.1. The standard InChI is InChI=1S/C24H31BrN2O3/c1-16-7-12-21(17(2)13-16)30-15-22(28)27(14-19-8-10-20(25)11-9-19)18(3)23(29)26-24(4,5)6/h7-13,18H,14-15H2,1-6H3,(H,26,29)/t18-/m1/s1. The van der Waals surface area contributed by atoms with E-state index in [1.807, 2.05) is 77.1 Å². The number of nitrogens with zero attached hydrogens (tertiary/aromatic N) is 1.